The Balaban J connectivity index is 1.45. The Morgan fingerprint density at radius 1 is 1.30 bits per heavy atom. The molecule has 1 aromatic heterocycles. The highest BCUT2D eigenvalue weighted by Gasteiger charge is 2.26. The van der Waals surface area contributed by atoms with Gasteiger partial charge in [0.2, 0.25) is 5.91 Å². The minimum absolute atomic E-state index is 0.00733. The highest BCUT2D eigenvalue weighted by molar-refractivity contribution is 7.09. The molecule has 1 aliphatic rings. The molecule has 0 N–H and O–H groups in total. The molecule has 0 radical (unpaired) electrons. The van der Waals surface area contributed by atoms with Gasteiger partial charge in [-0.25, -0.2) is 4.98 Å². The summed E-state index contributed by atoms with van der Waals surface area (Å²) in [5.41, 5.74) is 4.80. The Morgan fingerprint density at radius 2 is 2.10 bits per heavy atom. The van der Waals surface area contributed by atoms with E-state index in [-0.39, 0.29) is 23.1 Å². The van der Waals surface area contributed by atoms with Crippen molar-refractivity contribution >= 4 is 28.6 Å². The normalized spacial score (nSPS) is 13.0. The number of para-hydroxylation sites is 1. The monoisotopic (exact) mass is 422 g/mol. The highest BCUT2D eigenvalue weighted by Crippen LogP contribution is 2.33. The summed E-state index contributed by atoms with van der Waals surface area (Å²) in [6.07, 6.45) is 0.811. The van der Waals surface area contributed by atoms with E-state index in [2.05, 4.69) is 11.1 Å². The van der Waals surface area contributed by atoms with E-state index >= 15 is 0 Å². The lowest BCUT2D eigenvalue weighted by atomic mass is 10.1. The quantitative estimate of drug-likeness (QED) is 0.442. The van der Waals surface area contributed by atoms with Crippen molar-refractivity contribution in [1.82, 2.24) is 9.88 Å². The summed E-state index contributed by atoms with van der Waals surface area (Å²) in [5, 5.41) is 14.3. The molecule has 3 aromatic rings. The standard InChI is InChI=1S/C22H22N4O3S/c1-15-23-19(14-30-15)16-7-8-20-17(11-16)9-10-25(20)22(27)13-24(2)12-18-5-3-4-6-21(18)26(28)29/h3-8,11,14H,9-10,12-13H2,1-2H3. The van der Waals surface area contributed by atoms with Gasteiger partial charge in [0.15, 0.2) is 0 Å². The molecule has 4 rings (SSSR count). The number of hydrogen-bond acceptors (Lipinski definition) is 6. The first-order valence-corrected chi connectivity index (χ1v) is 10.6. The Kier molecular flexibility index (Phi) is 5.61. The van der Waals surface area contributed by atoms with Crippen LogP contribution in [0.1, 0.15) is 16.1 Å². The molecule has 8 heteroatoms. The van der Waals surface area contributed by atoms with Gasteiger partial charge in [0.1, 0.15) is 0 Å². The molecule has 1 aliphatic heterocycles. The van der Waals surface area contributed by atoms with Crippen LogP contribution in [-0.4, -0.2) is 40.9 Å². The van der Waals surface area contributed by atoms with Crippen molar-refractivity contribution in [1.29, 1.82) is 0 Å². The van der Waals surface area contributed by atoms with Crippen molar-refractivity contribution in [3.63, 3.8) is 0 Å². The topological polar surface area (TPSA) is 79.6 Å². The van der Waals surface area contributed by atoms with E-state index in [0.29, 0.717) is 18.7 Å². The van der Waals surface area contributed by atoms with E-state index in [0.717, 1.165) is 33.9 Å². The molecule has 0 saturated carbocycles. The van der Waals surface area contributed by atoms with Crippen molar-refractivity contribution in [3.8, 4) is 11.3 Å². The number of aromatic nitrogens is 1. The zero-order valence-corrected chi connectivity index (χ0v) is 17.7. The van der Waals surface area contributed by atoms with E-state index < -0.39 is 0 Å². The zero-order valence-electron chi connectivity index (χ0n) is 16.9. The second kappa shape index (κ2) is 8.33. The third kappa shape index (κ3) is 4.10. The average Bonchev–Trinajstić information content (AvgIpc) is 3.33. The first kappa shape index (κ1) is 20.2. The van der Waals surface area contributed by atoms with Gasteiger partial charge >= 0.3 is 0 Å². The van der Waals surface area contributed by atoms with Crippen LogP contribution in [0.25, 0.3) is 11.3 Å². The van der Waals surface area contributed by atoms with Gasteiger partial charge in [-0.15, -0.1) is 11.3 Å². The van der Waals surface area contributed by atoms with E-state index in [4.69, 9.17) is 0 Å². The maximum absolute atomic E-state index is 12.9. The summed E-state index contributed by atoms with van der Waals surface area (Å²) in [5.74, 6) is -0.00733. The summed E-state index contributed by atoms with van der Waals surface area (Å²) < 4.78 is 0. The van der Waals surface area contributed by atoms with Gasteiger partial charge in [-0.3, -0.25) is 19.8 Å². The second-order valence-electron chi connectivity index (χ2n) is 7.45. The van der Waals surface area contributed by atoms with E-state index in [1.54, 1.807) is 41.5 Å². The van der Waals surface area contributed by atoms with E-state index in [1.807, 2.05) is 29.3 Å². The van der Waals surface area contributed by atoms with Crippen LogP contribution in [0.5, 0.6) is 0 Å². The lowest BCUT2D eigenvalue weighted by Crippen LogP contribution is -2.37. The number of thiazole rings is 1. The van der Waals surface area contributed by atoms with Crippen LogP contribution in [0.4, 0.5) is 11.4 Å². The molecular weight excluding hydrogens is 400 g/mol. The predicted molar refractivity (Wildman–Crippen MR) is 118 cm³/mol. The molecule has 0 atom stereocenters. The largest absolute Gasteiger partial charge is 0.311 e. The van der Waals surface area contributed by atoms with Crippen molar-refractivity contribution in [2.75, 3.05) is 25.0 Å². The molecule has 0 saturated heterocycles. The summed E-state index contributed by atoms with van der Waals surface area (Å²) in [6, 6.07) is 12.8. The molecule has 1 amide bonds. The molecule has 0 fully saturated rings. The number of aryl methyl sites for hydroxylation is 1. The Bertz CT molecular complexity index is 1110. The van der Waals surface area contributed by atoms with E-state index in [1.165, 1.54) is 6.07 Å². The molecule has 0 spiro atoms. The van der Waals surface area contributed by atoms with Crippen LogP contribution in [0, 0.1) is 17.0 Å². The summed E-state index contributed by atoms with van der Waals surface area (Å²) in [4.78, 5) is 31.9. The van der Waals surface area contributed by atoms with Gasteiger partial charge < -0.3 is 4.90 Å². The number of nitro groups is 1. The minimum Gasteiger partial charge on any atom is -0.311 e. The van der Waals surface area contributed by atoms with Crippen LogP contribution in [0.15, 0.2) is 47.8 Å². The number of rotatable bonds is 6. The number of anilines is 1. The third-order valence-electron chi connectivity index (χ3n) is 5.22. The molecule has 2 heterocycles. The zero-order chi connectivity index (χ0) is 21.3. The molecule has 154 valence electrons. The predicted octanol–water partition coefficient (Wildman–Crippen LogP) is 4.05. The number of hydrogen-bond donors (Lipinski definition) is 0. The first-order chi connectivity index (χ1) is 14.4. The summed E-state index contributed by atoms with van der Waals surface area (Å²) >= 11 is 1.62. The molecule has 0 aliphatic carbocycles. The molecule has 2 aromatic carbocycles. The Morgan fingerprint density at radius 3 is 2.83 bits per heavy atom. The van der Waals surface area contributed by atoms with Crippen molar-refractivity contribution in [2.24, 2.45) is 0 Å². The molecular formula is C22H22N4O3S. The maximum atomic E-state index is 12.9. The Hall–Kier alpha value is -3.10. The van der Waals surface area contributed by atoms with Gasteiger partial charge in [0.05, 0.1) is 22.2 Å². The average molecular weight is 423 g/mol. The van der Waals surface area contributed by atoms with Crippen LogP contribution in [-0.2, 0) is 17.8 Å². The second-order valence-corrected chi connectivity index (χ2v) is 8.51. The molecule has 0 bridgehead atoms. The number of nitro benzene ring substituents is 1. The molecule has 30 heavy (non-hydrogen) atoms. The van der Waals surface area contributed by atoms with Crippen LogP contribution in [0.3, 0.4) is 0 Å². The van der Waals surface area contributed by atoms with Gasteiger partial charge in [0.25, 0.3) is 5.69 Å². The minimum atomic E-state index is -0.386. The van der Waals surface area contributed by atoms with Crippen molar-refractivity contribution < 1.29 is 9.72 Å². The van der Waals surface area contributed by atoms with Crippen LogP contribution < -0.4 is 4.90 Å². The number of likely N-dealkylation sites (N-methyl/N-ethyl adjacent to an activating group) is 1. The van der Waals surface area contributed by atoms with Crippen LogP contribution >= 0.6 is 11.3 Å². The fraction of sp³-hybridized carbons (Fsp3) is 0.273. The molecule has 7 nitrogen and oxygen atoms in total. The smallest absolute Gasteiger partial charge is 0.273 e. The first-order valence-electron chi connectivity index (χ1n) is 9.69. The van der Waals surface area contributed by atoms with Crippen molar-refractivity contribution in [2.45, 2.75) is 19.9 Å². The number of fused-ring (bicyclic) bond motifs is 1. The Labute approximate surface area is 178 Å². The van der Waals surface area contributed by atoms with Gasteiger partial charge in [-0.1, -0.05) is 24.3 Å². The van der Waals surface area contributed by atoms with Gasteiger partial charge in [-0.05, 0) is 38.1 Å². The van der Waals surface area contributed by atoms with Crippen LogP contribution in [0.2, 0.25) is 0 Å². The van der Waals surface area contributed by atoms with Gasteiger partial charge in [0, 0.05) is 41.4 Å². The van der Waals surface area contributed by atoms with E-state index in [9.17, 15) is 14.9 Å². The number of amides is 1. The number of benzene rings is 2. The highest BCUT2D eigenvalue weighted by atomic mass is 32.1. The maximum Gasteiger partial charge on any atom is 0.273 e. The van der Waals surface area contributed by atoms with Crippen molar-refractivity contribution in [3.05, 3.63) is 74.1 Å². The number of carbonyl (C=O) groups excluding carboxylic acids is 1. The third-order valence-corrected chi connectivity index (χ3v) is 6.00. The lowest BCUT2D eigenvalue weighted by molar-refractivity contribution is -0.385. The SMILES string of the molecule is Cc1nc(-c2ccc3c(c2)CCN3C(=O)CN(C)Cc2ccccc2[N+](=O)[O-])cs1. The summed E-state index contributed by atoms with van der Waals surface area (Å²) in [6.45, 7) is 3.17. The fourth-order valence-electron chi connectivity index (χ4n) is 3.80. The number of carbonyl (C=O) groups is 1. The lowest BCUT2D eigenvalue weighted by Gasteiger charge is -2.22. The summed E-state index contributed by atoms with van der Waals surface area (Å²) in [7, 11) is 1.80. The fourth-order valence-corrected chi connectivity index (χ4v) is 4.42. The number of nitrogens with zero attached hydrogens (tertiary/aromatic N) is 4. The van der Waals surface area contributed by atoms with Gasteiger partial charge in [-0.2, -0.15) is 0 Å². The molecule has 0 unspecified atom stereocenters.